The van der Waals surface area contributed by atoms with E-state index in [1.54, 1.807) is 12.1 Å². The van der Waals surface area contributed by atoms with Crippen molar-refractivity contribution >= 4 is 38.9 Å². The van der Waals surface area contributed by atoms with Crippen LogP contribution < -0.4 is 5.32 Å². The van der Waals surface area contributed by atoms with Crippen molar-refractivity contribution < 1.29 is 18.0 Å². The molecule has 1 saturated carbocycles. The van der Waals surface area contributed by atoms with Crippen molar-refractivity contribution in [3.63, 3.8) is 0 Å². The summed E-state index contributed by atoms with van der Waals surface area (Å²) in [5, 5.41) is 6.91. The van der Waals surface area contributed by atoms with Crippen LogP contribution >= 0.6 is 11.6 Å². The molecule has 1 N–H and O–H groups in total. The van der Waals surface area contributed by atoms with Gasteiger partial charge in [0.1, 0.15) is 7.11 Å². The van der Waals surface area contributed by atoms with E-state index in [1.165, 1.54) is 31.8 Å². The van der Waals surface area contributed by atoms with Crippen LogP contribution in [0.5, 0.6) is 0 Å². The van der Waals surface area contributed by atoms with Crippen LogP contribution in [0.1, 0.15) is 37.2 Å². The van der Waals surface area contributed by atoms with Crippen LogP contribution in [-0.4, -0.2) is 43.4 Å². The summed E-state index contributed by atoms with van der Waals surface area (Å²) >= 11 is 6.24. The number of carbonyl (C=O) groups is 1. The molecule has 8 nitrogen and oxygen atoms in total. The Hall–Kier alpha value is -2.52. The molecule has 1 heterocycles. The highest BCUT2D eigenvalue weighted by Gasteiger charge is 2.30. The molecular formula is C20H23ClN4O4S. The van der Waals surface area contributed by atoms with E-state index in [9.17, 15) is 13.2 Å². The lowest BCUT2D eigenvalue weighted by Crippen LogP contribution is -2.24. The summed E-state index contributed by atoms with van der Waals surface area (Å²) < 4.78 is 23.8. The third-order valence-electron chi connectivity index (χ3n) is 5.04. The van der Waals surface area contributed by atoms with E-state index < -0.39 is 15.8 Å². The number of nitrogens with one attached hydrogen (secondary N) is 1. The van der Waals surface area contributed by atoms with Gasteiger partial charge in [0.05, 0.1) is 27.7 Å². The average molecular weight is 451 g/mol. The van der Waals surface area contributed by atoms with Gasteiger partial charge in [-0.15, -0.1) is 0 Å². The van der Waals surface area contributed by atoms with Gasteiger partial charge in [-0.05, 0) is 49.3 Å². The number of hydrogen-bond acceptors (Lipinski definition) is 7. The number of benzene rings is 1. The molecule has 3 rings (SSSR count). The molecule has 1 aromatic heterocycles. The molecule has 0 aliphatic heterocycles. The summed E-state index contributed by atoms with van der Waals surface area (Å²) in [6.45, 7) is 0. The maximum atomic E-state index is 13.1. The second kappa shape index (κ2) is 9.53. The maximum Gasteiger partial charge on any atom is 0.233 e. The predicted octanol–water partition coefficient (Wildman–Crippen LogP) is 3.45. The van der Waals surface area contributed by atoms with Gasteiger partial charge in [-0.1, -0.05) is 22.8 Å². The van der Waals surface area contributed by atoms with Crippen LogP contribution in [0, 0.1) is 5.92 Å². The van der Waals surface area contributed by atoms with Gasteiger partial charge in [-0.3, -0.25) is 9.78 Å². The first-order valence-electron chi connectivity index (χ1n) is 9.43. The zero-order chi connectivity index (χ0) is 21.7. The molecule has 10 heteroatoms. The van der Waals surface area contributed by atoms with Gasteiger partial charge in [-0.2, -0.15) is 0 Å². The Bertz CT molecular complexity index is 1040. The highest BCUT2D eigenvalue weighted by Crippen LogP contribution is 2.36. The van der Waals surface area contributed by atoms with E-state index >= 15 is 0 Å². The topological polar surface area (TPSA) is 111 Å². The zero-order valence-electron chi connectivity index (χ0n) is 16.7. The van der Waals surface area contributed by atoms with Crippen molar-refractivity contribution in [1.29, 1.82) is 0 Å². The van der Waals surface area contributed by atoms with Crippen molar-refractivity contribution in [3.05, 3.63) is 47.4 Å². The Kier molecular flexibility index (Phi) is 7.04. The van der Waals surface area contributed by atoms with Crippen LogP contribution in [0.3, 0.4) is 0 Å². The lowest BCUT2D eigenvalue weighted by atomic mass is 9.87. The largest absolute Gasteiger partial charge is 0.399 e. The number of aromatic nitrogens is 2. The van der Waals surface area contributed by atoms with Crippen molar-refractivity contribution in [2.75, 3.05) is 18.7 Å². The second-order valence-electron chi connectivity index (χ2n) is 7.28. The van der Waals surface area contributed by atoms with E-state index in [2.05, 4.69) is 20.4 Å². The minimum absolute atomic E-state index is 0.0383. The van der Waals surface area contributed by atoms with Crippen LogP contribution in [0.4, 0.5) is 5.82 Å². The minimum Gasteiger partial charge on any atom is -0.399 e. The summed E-state index contributed by atoms with van der Waals surface area (Å²) in [4.78, 5) is 26.1. The molecule has 1 amide bonds. The predicted molar refractivity (Wildman–Crippen MR) is 114 cm³/mol. The number of sulfone groups is 1. The Balaban J connectivity index is 1.88. The number of halogens is 1. The summed E-state index contributed by atoms with van der Waals surface area (Å²) in [5.41, 5.74) is 1.62. The van der Waals surface area contributed by atoms with E-state index in [0.29, 0.717) is 17.8 Å². The molecule has 0 spiro atoms. The third-order valence-corrected chi connectivity index (χ3v) is 6.62. The van der Waals surface area contributed by atoms with Gasteiger partial charge >= 0.3 is 0 Å². The molecule has 160 valence electrons. The van der Waals surface area contributed by atoms with Crippen molar-refractivity contribution in [1.82, 2.24) is 9.97 Å². The average Bonchev–Trinajstić information content (AvgIpc) is 3.13. The fourth-order valence-corrected chi connectivity index (χ4v) is 5.00. The number of amides is 1. The molecule has 1 aromatic carbocycles. The summed E-state index contributed by atoms with van der Waals surface area (Å²) in [6.07, 6.45) is 8.60. The zero-order valence-corrected chi connectivity index (χ0v) is 18.3. The highest BCUT2D eigenvalue weighted by molar-refractivity contribution is 7.90. The third kappa shape index (κ3) is 5.54. The van der Waals surface area contributed by atoms with Crippen LogP contribution in [0.2, 0.25) is 5.02 Å². The van der Waals surface area contributed by atoms with Gasteiger partial charge in [-0.25, -0.2) is 13.4 Å². The number of anilines is 1. The smallest absolute Gasteiger partial charge is 0.233 e. The molecule has 2 aromatic rings. The van der Waals surface area contributed by atoms with Gasteiger partial charge in [0.25, 0.3) is 0 Å². The highest BCUT2D eigenvalue weighted by atomic mass is 35.5. The molecular weight excluding hydrogens is 428 g/mol. The summed E-state index contributed by atoms with van der Waals surface area (Å²) in [5.74, 6) is -0.204. The molecule has 2 unspecified atom stereocenters. The van der Waals surface area contributed by atoms with E-state index in [4.69, 9.17) is 16.4 Å². The lowest BCUT2D eigenvalue weighted by molar-refractivity contribution is -0.118. The molecule has 1 aliphatic carbocycles. The monoisotopic (exact) mass is 450 g/mol. The molecule has 0 saturated heterocycles. The number of rotatable bonds is 7. The summed E-state index contributed by atoms with van der Waals surface area (Å²) in [6, 6.07) is 4.64. The Labute approximate surface area is 180 Å². The number of hydrogen-bond donors (Lipinski definition) is 1. The summed E-state index contributed by atoms with van der Waals surface area (Å²) in [7, 11) is -1.94. The molecule has 2 atom stereocenters. The molecule has 0 bridgehead atoms. The van der Waals surface area contributed by atoms with E-state index in [0.717, 1.165) is 31.2 Å². The van der Waals surface area contributed by atoms with E-state index in [-0.39, 0.29) is 21.7 Å². The normalized spacial score (nSPS) is 18.9. The first-order valence-corrected chi connectivity index (χ1v) is 11.7. The SMILES string of the molecule is CO/N=C1/CCC(CC(C(=O)Nc2cnccn2)c2ccc(S(C)(=O)=O)c(Cl)c2)C1. The van der Waals surface area contributed by atoms with Crippen LogP contribution in [-0.2, 0) is 19.5 Å². The standard InChI is InChI=1S/C20H23ClN4O4S/c1-29-25-15-5-3-13(9-15)10-16(20(26)24-19-12-22-7-8-23-19)14-4-6-18(17(21)11-14)30(2,27)28/h4,6-8,11-13,16H,3,5,9-10H2,1-2H3,(H,23,24,26)/b25-15-. The Morgan fingerprint density at radius 1 is 1.40 bits per heavy atom. The second-order valence-corrected chi connectivity index (χ2v) is 9.67. The number of oxime groups is 1. The Morgan fingerprint density at radius 2 is 2.20 bits per heavy atom. The molecule has 1 aliphatic rings. The Morgan fingerprint density at radius 3 is 2.83 bits per heavy atom. The van der Waals surface area contributed by atoms with Gasteiger partial charge in [0, 0.05) is 18.6 Å². The molecule has 1 fully saturated rings. The first-order chi connectivity index (χ1) is 14.3. The molecule has 0 radical (unpaired) electrons. The minimum atomic E-state index is -3.46. The first kappa shape index (κ1) is 22.2. The van der Waals surface area contributed by atoms with Gasteiger partial charge < -0.3 is 10.2 Å². The maximum absolute atomic E-state index is 13.1. The van der Waals surface area contributed by atoms with Gasteiger partial charge in [0.15, 0.2) is 15.7 Å². The lowest BCUT2D eigenvalue weighted by Gasteiger charge is -2.21. The fourth-order valence-electron chi connectivity index (χ4n) is 3.66. The molecule has 30 heavy (non-hydrogen) atoms. The van der Waals surface area contributed by atoms with Crippen molar-refractivity contribution in [2.24, 2.45) is 11.1 Å². The van der Waals surface area contributed by atoms with Crippen molar-refractivity contribution in [2.45, 2.75) is 36.5 Å². The quantitative estimate of drug-likeness (QED) is 0.647. The fraction of sp³-hybridized carbons (Fsp3) is 0.400. The van der Waals surface area contributed by atoms with E-state index in [1.807, 2.05) is 0 Å². The van der Waals surface area contributed by atoms with Crippen LogP contribution in [0.15, 0.2) is 46.8 Å². The number of carbonyl (C=O) groups excluding carboxylic acids is 1. The van der Waals surface area contributed by atoms with Crippen LogP contribution in [0.25, 0.3) is 0 Å². The van der Waals surface area contributed by atoms with Gasteiger partial charge in [0.2, 0.25) is 5.91 Å². The number of nitrogens with zero attached hydrogens (tertiary/aromatic N) is 3. The van der Waals surface area contributed by atoms with Crippen molar-refractivity contribution in [3.8, 4) is 0 Å².